The summed E-state index contributed by atoms with van der Waals surface area (Å²) in [5, 5.41) is 3.35. The summed E-state index contributed by atoms with van der Waals surface area (Å²) in [5.74, 6) is 0.578. The van der Waals surface area contributed by atoms with Gasteiger partial charge in [0.1, 0.15) is 11.6 Å². The van der Waals surface area contributed by atoms with Gasteiger partial charge in [-0.15, -0.1) is 0 Å². The van der Waals surface area contributed by atoms with Crippen molar-refractivity contribution in [1.82, 2.24) is 0 Å². The summed E-state index contributed by atoms with van der Waals surface area (Å²) < 4.78 is 18.1. The van der Waals surface area contributed by atoms with Crippen molar-refractivity contribution in [2.45, 2.75) is 13.0 Å². The van der Waals surface area contributed by atoms with Crippen LogP contribution < -0.4 is 10.1 Å². The van der Waals surface area contributed by atoms with Crippen molar-refractivity contribution < 1.29 is 9.13 Å². The first kappa shape index (κ1) is 12.4. The van der Waals surface area contributed by atoms with Crippen molar-refractivity contribution in [3.05, 3.63) is 59.9 Å². The predicted octanol–water partition coefficient (Wildman–Crippen LogP) is 4.01. The van der Waals surface area contributed by atoms with Gasteiger partial charge in [0.25, 0.3) is 0 Å². The topological polar surface area (TPSA) is 21.3 Å². The monoisotopic (exact) mass is 245 g/mol. The van der Waals surface area contributed by atoms with Gasteiger partial charge < -0.3 is 10.1 Å². The van der Waals surface area contributed by atoms with E-state index in [0.717, 1.165) is 17.0 Å². The van der Waals surface area contributed by atoms with Crippen LogP contribution in [0.2, 0.25) is 0 Å². The van der Waals surface area contributed by atoms with Gasteiger partial charge in [0.15, 0.2) is 0 Å². The lowest BCUT2D eigenvalue weighted by molar-refractivity contribution is 0.416. The molecule has 0 aromatic heterocycles. The van der Waals surface area contributed by atoms with Crippen LogP contribution in [0.25, 0.3) is 0 Å². The SMILES string of the molecule is COc1ccccc1NC(C)c1ccc(F)cc1. The Kier molecular flexibility index (Phi) is 3.82. The summed E-state index contributed by atoms with van der Waals surface area (Å²) in [6, 6.07) is 14.3. The van der Waals surface area contributed by atoms with E-state index in [4.69, 9.17) is 4.74 Å². The lowest BCUT2D eigenvalue weighted by atomic mass is 10.1. The third kappa shape index (κ3) is 2.80. The number of ether oxygens (including phenoxy) is 1. The van der Waals surface area contributed by atoms with Crippen LogP contribution in [0.5, 0.6) is 5.75 Å². The molecule has 0 bridgehead atoms. The molecule has 2 aromatic rings. The number of rotatable bonds is 4. The standard InChI is InChI=1S/C15H16FNO/c1-11(12-7-9-13(16)10-8-12)17-14-5-3-4-6-15(14)18-2/h3-11,17H,1-2H3. The lowest BCUT2D eigenvalue weighted by Gasteiger charge is -2.17. The first-order valence-corrected chi connectivity index (χ1v) is 5.85. The van der Waals surface area contributed by atoms with E-state index in [1.165, 1.54) is 12.1 Å². The molecule has 2 aromatic carbocycles. The van der Waals surface area contributed by atoms with Gasteiger partial charge in [0.05, 0.1) is 12.8 Å². The minimum Gasteiger partial charge on any atom is -0.495 e. The van der Waals surface area contributed by atoms with E-state index in [1.54, 1.807) is 19.2 Å². The average Bonchev–Trinajstić information content (AvgIpc) is 2.40. The number of methoxy groups -OCH3 is 1. The van der Waals surface area contributed by atoms with Crippen LogP contribution in [0.3, 0.4) is 0 Å². The van der Waals surface area contributed by atoms with Crippen LogP contribution in [-0.2, 0) is 0 Å². The van der Waals surface area contributed by atoms with E-state index in [1.807, 2.05) is 31.2 Å². The number of benzene rings is 2. The Morgan fingerprint density at radius 3 is 2.39 bits per heavy atom. The van der Waals surface area contributed by atoms with E-state index in [9.17, 15) is 4.39 Å². The largest absolute Gasteiger partial charge is 0.495 e. The lowest BCUT2D eigenvalue weighted by Crippen LogP contribution is -2.07. The number of halogens is 1. The van der Waals surface area contributed by atoms with Crippen molar-refractivity contribution >= 4 is 5.69 Å². The molecular weight excluding hydrogens is 229 g/mol. The van der Waals surface area contributed by atoms with Gasteiger partial charge in [-0.25, -0.2) is 4.39 Å². The fraction of sp³-hybridized carbons (Fsp3) is 0.200. The van der Waals surface area contributed by atoms with Crippen LogP contribution in [0.1, 0.15) is 18.5 Å². The van der Waals surface area contributed by atoms with Crippen molar-refractivity contribution in [1.29, 1.82) is 0 Å². The second-order valence-electron chi connectivity index (χ2n) is 4.12. The van der Waals surface area contributed by atoms with E-state index in [0.29, 0.717) is 0 Å². The highest BCUT2D eigenvalue weighted by Crippen LogP contribution is 2.27. The third-order valence-corrected chi connectivity index (χ3v) is 2.85. The van der Waals surface area contributed by atoms with Crippen molar-refractivity contribution in [2.75, 3.05) is 12.4 Å². The summed E-state index contributed by atoms with van der Waals surface area (Å²) in [6.07, 6.45) is 0. The molecule has 2 rings (SSSR count). The van der Waals surface area contributed by atoms with Crippen LogP contribution >= 0.6 is 0 Å². The Balaban J connectivity index is 2.15. The van der Waals surface area contributed by atoms with Gasteiger partial charge >= 0.3 is 0 Å². The molecule has 0 aliphatic heterocycles. The molecule has 1 N–H and O–H groups in total. The maximum Gasteiger partial charge on any atom is 0.141 e. The summed E-state index contributed by atoms with van der Waals surface area (Å²) in [5.41, 5.74) is 1.96. The molecule has 0 spiro atoms. The molecule has 2 nitrogen and oxygen atoms in total. The zero-order valence-electron chi connectivity index (χ0n) is 10.5. The zero-order chi connectivity index (χ0) is 13.0. The van der Waals surface area contributed by atoms with Crippen molar-refractivity contribution in [2.24, 2.45) is 0 Å². The second-order valence-corrected chi connectivity index (χ2v) is 4.12. The Labute approximate surface area is 106 Å². The van der Waals surface area contributed by atoms with Gasteiger partial charge in [0, 0.05) is 6.04 Å². The van der Waals surface area contributed by atoms with Gasteiger partial charge in [0.2, 0.25) is 0 Å². The minimum absolute atomic E-state index is 0.0851. The van der Waals surface area contributed by atoms with E-state index < -0.39 is 0 Å². The molecule has 0 radical (unpaired) electrons. The Hall–Kier alpha value is -2.03. The van der Waals surface area contributed by atoms with E-state index in [-0.39, 0.29) is 11.9 Å². The van der Waals surface area contributed by atoms with Gasteiger partial charge in [-0.05, 0) is 36.8 Å². The molecule has 0 saturated carbocycles. The molecule has 0 fully saturated rings. The number of nitrogens with one attached hydrogen (secondary N) is 1. The van der Waals surface area contributed by atoms with Crippen LogP contribution in [0.4, 0.5) is 10.1 Å². The molecule has 0 amide bonds. The molecule has 0 heterocycles. The molecule has 0 saturated heterocycles. The maximum absolute atomic E-state index is 12.9. The molecular formula is C15H16FNO. The third-order valence-electron chi connectivity index (χ3n) is 2.85. The molecule has 1 atom stereocenters. The van der Waals surface area contributed by atoms with Crippen molar-refractivity contribution in [3.8, 4) is 5.75 Å². The smallest absolute Gasteiger partial charge is 0.141 e. The molecule has 0 aliphatic rings. The van der Waals surface area contributed by atoms with E-state index >= 15 is 0 Å². The molecule has 1 unspecified atom stereocenters. The highest BCUT2D eigenvalue weighted by Gasteiger charge is 2.08. The molecule has 18 heavy (non-hydrogen) atoms. The first-order chi connectivity index (χ1) is 8.70. The maximum atomic E-state index is 12.9. The summed E-state index contributed by atoms with van der Waals surface area (Å²) in [4.78, 5) is 0. The molecule has 0 aliphatic carbocycles. The number of para-hydroxylation sites is 2. The van der Waals surface area contributed by atoms with Gasteiger partial charge in [-0.2, -0.15) is 0 Å². The Bertz CT molecular complexity index is 510. The number of hydrogen-bond acceptors (Lipinski definition) is 2. The molecule has 3 heteroatoms. The first-order valence-electron chi connectivity index (χ1n) is 5.85. The number of anilines is 1. The summed E-state index contributed by atoms with van der Waals surface area (Å²) >= 11 is 0. The van der Waals surface area contributed by atoms with Gasteiger partial charge in [-0.3, -0.25) is 0 Å². The molecule has 94 valence electrons. The zero-order valence-corrected chi connectivity index (χ0v) is 10.5. The summed E-state index contributed by atoms with van der Waals surface area (Å²) in [7, 11) is 1.64. The highest BCUT2D eigenvalue weighted by atomic mass is 19.1. The Morgan fingerprint density at radius 2 is 1.72 bits per heavy atom. The minimum atomic E-state index is -0.219. The van der Waals surface area contributed by atoms with Gasteiger partial charge in [-0.1, -0.05) is 24.3 Å². The quantitative estimate of drug-likeness (QED) is 0.878. The predicted molar refractivity (Wildman–Crippen MR) is 71.4 cm³/mol. The fourth-order valence-corrected chi connectivity index (χ4v) is 1.83. The number of hydrogen-bond donors (Lipinski definition) is 1. The normalized spacial score (nSPS) is 11.9. The van der Waals surface area contributed by atoms with Crippen LogP contribution in [0.15, 0.2) is 48.5 Å². The average molecular weight is 245 g/mol. The van der Waals surface area contributed by atoms with Crippen molar-refractivity contribution in [3.63, 3.8) is 0 Å². The fourth-order valence-electron chi connectivity index (χ4n) is 1.83. The summed E-state index contributed by atoms with van der Waals surface area (Å²) in [6.45, 7) is 2.03. The highest BCUT2D eigenvalue weighted by molar-refractivity contribution is 5.57. The van der Waals surface area contributed by atoms with E-state index in [2.05, 4.69) is 5.32 Å². The van der Waals surface area contributed by atoms with Crippen LogP contribution in [-0.4, -0.2) is 7.11 Å². The second kappa shape index (κ2) is 5.54. The van der Waals surface area contributed by atoms with Crippen LogP contribution in [0, 0.1) is 5.82 Å². The Morgan fingerprint density at radius 1 is 1.06 bits per heavy atom.